The highest BCUT2D eigenvalue weighted by molar-refractivity contribution is 5.93. The number of para-hydroxylation sites is 1. The maximum Gasteiger partial charge on any atom is 0.342 e. The fraction of sp³-hybridized carbons (Fsp3) is 0.286. The topological polar surface area (TPSA) is 70.8 Å². The Kier molecular flexibility index (Phi) is 4.24. The fourth-order valence-corrected chi connectivity index (χ4v) is 1.75. The van der Waals surface area contributed by atoms with Crippen molar-refractivity contribution in [3.05, 3.63) is 41.3 Å². The number of carbonyl (C=O) groups excluding carboxylic acids is 1. The molecule has 20 heavy (non-hydrogen) atoms. The molecule has 0 unspecified atom stereocenters. The lowest BCUT2D eigenvalue weighted by atomic mass is 10.2. The Hall–Kier alpha value is -2.50. The van der Waals surface area contributed by atoms with Gasteiger partial charge in [-0.2, -0.15) is 0 Å². The van der Waals surface area contributed by atoms with Gasteiger partial charge in [-0.05, 0) is 19.1 Å². The Morgan fingerprint density at radius 2 is 2.10 bits per heavy atom. The van der Waals surface area contributed by atoms with Crippen molar-refractivity contribution < 1.29 is 23.5 Å². The molecular weight excluding hydrogens is 262 g/mol. The van der Waals surface area contributed by atoms with Crippen LogP contribution in [0, 0.1) is 6.92 Å². The molecule has 6 nitrogen and oxygen atoms in total. The van der Waals surface area contributed by atoms with Crippen molar-refractivity contribution in [2.75, 3.05) is 14.2 Å². The molecule has 6 heteroatoms. The number of hydrogen-bond donors (Lipinski definition) is 0. The molecule has 2 rings (SSSR count). The minimum atomic E-state index is -0.513. The van der Waals surface area contributed by atoms with E-state index in [2.05, 4.69) is 5.16 Å². The van der Waals surface area contributed by atoms with Gasteiger partial charge in [-0.3, -0.25) is 0 Å². The molecule has 0 aliphatic carbocycles. The molecule has 0 aliphatic heterocycles. The van der Waals surface area contributed by atoms with Gasteiger partial charge in [-0.15, -0.1) is 0 Å². The molecule has 0 aliphatic rings. The molecule has 0 saturated heterocycles. The van der Waals surface area contributed by atoms with Gasteiger partial charge in [0.05, 0.1) is 14.2 Å². The van der Waals surface area contributed by atoms with Crippen LogP contribution in [0.2, 0.25) is 0 Å². The van der Waals surface area contributed by atoms with E-state index in [4.69, 9.17) is 18.7 Å². The maximum absolute atomic E-state index is 12.1. The third kappa shape index (κ3) is 2.90. The van der Waals surface area contributed by atoms with Crippen molar-refractivity contribution in [3.63, 3.8) is 0 Å². The highest BCUT2D eigenvalue weighted by atomic mass is 16.5. The zero-order chi connectivity index (χ0) is 14.5. The third-order valence-corrected chi connectivity index (χ3v) is 2.65. The number of aryl methyl sites for hydroxylation is 1. The quantitative estimate of drug-likeness (QED) is 0.781. The van der Waals surface area contributed by atoms with Gasteiger partial charge in [0.2, 0.25) is 0 Å². The van der Waals surface area contributed by atoms with Gasteiger partial charge in [0.15, 0.2) is 11.5 Å². The second-order valence-electron chi connectivity index (χ2n) is 4.05. The molecule has 0 bridgehead atoms. The normalized spacial score (nSPS) is 10.2. The minimum Gasteiger partial charge on any atom is -0.493 e. The number of esters is 1. The Balaban J connectivity index is 2.12. The molecule has 2 aromatic rings. The fourth-order valence-electron chi connectivity index (χ4n) is 1.75. The summed E-state index contributed by atoms with van der Waals surface area (Å²) in [5, 5.41) is 3.75. The van der Waals surface area contributed by atoms with Gasteiger partial charge in [-0.25, -0.2) is 4.79 Å². The van der Waals surface area contributed by atoms with Crippen LogP contribution in [0.4, 0.5) is 0 Å². The number of nitrogens with zero attached hydrogens (tertiary/aromatic N) is 1. The summed E-state index contributed by atoms with van der Waals surface area (Å²) in [7, 11) is 2.97. The van der Waals surface area contributed by atoms with Crippen LogP contribution in [0.5, 0.6) is 11.5 Å². The number of hydrogen-bond acceptors (Lipinski definition) is 6. The Bertz CT molecular complexity index is 605. The Morgan fingerprint density at radius 3 is 2.70 bits per heavy atom. The first-order valence-electron chi connectivity index (χ1n) is 5.96. The molecule has 1 aromatic carbocycles. The Labute approximate surface area is 116 Å². The van der Waals surface area contributed by atoms with Gasteiger partial charge >= 0.3 is 5.97 Å². The van der Waals surface area contributed by atoms with E-state index in [1.54, 1.807) is 31.2 Å². The summed E-state index contributed by atoms with van der Waals surface area (Å²) >= 11 is 0. The molecule has 0 radical (unpaired) electrons. The molecular formula is C14H15NO5. The Morgan fingerprint density at radius 1 is 1.30 bits per heavy atom. The number of ether oxygens (including phenoxy) is 3. The monoisotopic (exact) mass is 277 g/mol. The highest BCUT2D eigenvalue weighted by Crippen LogP contribution is 2.31. The first kappa shape index (κ1) is 13.9. The summed E-state index contributed by atoms with van der Waals surface area (Å²) in [4.78, 5) is 12.1. The van der Waals surface area contributed by atoms with E-state index in [-0.39, 0.29) is 6.61 Å². The maximum atomic E-state index is 12.1. The SMILES string of the molecule is COc1cccc(C(=O)OCc2cc(C)on2)c1OC. The van der Waals surface area contributed by atoms with Crippen LogP contribution in [0.15, 0.2) is 28.8 Å². The van der Waals surface area contributed by atoms with E-state index >= 15 is 0 Å². The molecule has 0 atom stereocenters. The summed E-state index contributed by atoms with van der Waals surface area (Å²) in [6.45, 7) is 1.81. The predicted octanol–water partition coefficient (Wildman–Crippen LogP) is 2.36. The summed E-state index contributed by atoms with van der Waals surface area (Å²) in [5.41, 5.74) is 0.852. The van der Waals surface area contributed by atoms with Crippen molar-refractivity contribution in [2.24, 2.45) is 0 Å². The summed E-state index contributed by atoms with van der Waals surface area (Å²) < 4.78 is 20.4. The first-order valence-corrected chi connectivity index (χ1v) is 5.96. The molecule has 0 spiro atoms. The number of methoxy groups -OCH3 is 2. The smallest absolute Gasteiger partial charge is 0.342 e. The molecule has 0 saturated carbocycles. The van der Waals surface area contributed by atoms with E-state index in [1.807, 2.05) is 0 Å². The van der Waals surface area contributed by atoms with Crippen LogP contribution in [0.25, 0.3) is 0 Å². The van der Waals surface area contributed by atoms with E-state index in [0.717, 1.165) is 0 Å². The van der Waals surface area contributed by atoms with Crippen LogP contribution in [-0.2, 0) is 11.3 Å². The van der Waals surface area contributed by atoms with E-state index < -0.39 is 5.97 Å². The summed E-state index contributed by atoms with van der Waals surface area (Å²) in [6.07, 6.45) is 0. The molecule has 106 valence electrons. The summed E-state index contributed by atoms with van der Waals surface area (Å²) in [6, 6.07) is 6.71. The van der Waals surface area contributed by atoms with Crippen LogP contribution < -0.4 is 9.47 Å². The third-order valence-electron chi connectivity index (χ3n) is 2.65. The van der Waals surface area contributed by atoms with Crippen molar-refractivity contribution in [1.29, 1.82) is 0 Å². The van der Waals surface area contributed by atoms with Gasteiger partial charge in [0.25, 0.3) is 0 Å². The van der Waals surface area contributed by atoms with Gasteiger partial charge in [0.1, 0.15) is 23.6 Å². The molecule has 1 heterocycles. The second kappa shape index (κ2) is 6.10. The van der Waals surface area contributed by atoms with Crippen LogP contribution in [0.3, 0.4) is 0 Å². The summed E-state index contributed by atoms with van der Waals surface area (Å²) in [5.74, 6) is 0.965. The van der Waals surface area contributed by atoms with Crippen LogP contribution >= 0.6 is 0 Å². The predicted molar refractivity (Wildman–Crippen MR) is 69.9 cm³/mol. The first-order chi connectivity index (χ1) is 9.65. The molecule has 0 amide bonds. The number of carbonyl (C=O) groups is 1. The van der Waals surface area contributed by atoms with E-state index in [0.29, 0.717) is 28.5 Å². The van der Waals surface area contributed by atoms with Crippen molar-refractivity contribution >= 4 is 5.97 Å². The lowest BCUT2D eigenvalue weighted by Crippen LogP contribution is -2.08. The number of rotatable bonds is 5. The van der Waals surface area contributed by atoms with Gasteiger partial charge in [-0.1, -0.05) is 11.2 Å². The lowest BCUT2D eigenvalue weighted by Gasteiger charge is -2.11. The van der Waals surface area contributed by atoms with Crippen molar-refractivity contribution in [3.8, 4) is 11.5 Å². The molecule has 0 fully saturated rings. The standard InChI is InChI=1S/C14H15NO5/c1-9-7-10(15-20-9)8-19-14(16)11-5-4-6-12(17-2)13(11)18-3/h4-7H,8H2,1-3H3. The molecule has 0 N–H and O–H groups in total. The zero-order valence-electron chi connectivity index (χ0n) is 11.5. The van der Waals surface area contributed by atoms with Gasteiger partial charge in [0, 0.05) is 6.07 Å². The second-order valence-corrected chi connectivity index (χ2v) is 4.05. The van der Waals surface area contributed by atoms with Crippen LogP contribution in [-0.4, -0.2) is 25.3 Å². The van der Waals surface area contributed by atoms with Crippen LogP contribution in [0.1, 0.15) is 21.8 Å². The highest BCUT2D eigenvalue weighted by Gasteiger charge is 2.18. The van der Waals surface area contributed by atoms with E-state index in [1.165, 1.54) is 14.2 Å². The average molecular weight is 277 g/mol. The van der Waals surface area contributed by atoms with Gasteiger partial charge < -0.3 is 18.7 Å². The van der Waals surface area contributed by atoms with Crippen molar-refractivity contribution in [1.82, 2.24) is 5.16 Å². The lowest BCUT2D eigenvalue weighted by molar-refractivity contribution is 0.0460. The zero-order valence-corrected chi connectivity index (χ0v) is 11.5. The van der Waals surface area contributed by atoms with E-state index in [9.17, 15) is 4.79 Å². The largest absolute Gasteiger partial charge is 0.493 e. The number of aromatic nitrogens is 1. The minimum absolute atomic E-state index is 0.0382. The molecule has 1 aromatic heterocycles. The average Bonchev–Trinajstić information content (AvgIpc) is 2.89. The number of benzene rings is 1. The van der Waals surface area contributed by atoms with Crippen molar-refractivity contribution in [2.45, 2.75) is 13.5 Å².